The van der Waals surface area contributed by atoms with Gasteiger partial charge in [0.1, 0.15) is 12.4 Å². The minimum absolute atomic E-state index is 0.534. The maximum atomic E-state index is 8.91. The molecule has 5 aliphatic rings. The van der Waals surface area contributed by atoms with Gasteiger partial charge < -0.3 is 4.90 Å². The van der Waals surface area contributed by atoms with Crippen molar-refractivity contribution in [3.63, 3.8) is 0 Å². The van der Waals surface area contributed by atoms with Crippen LogP contribution in [0.15, 0.2) is 4.99 Å². The van der Waals surface area contributed by atoms with Crippen LogP contribution in [-0.4, -0.2) is 29.9 Å². The molecule has 4 bridgehead atoms. The molecular weight excluding hydrogens is 234 g/mol. The average Bonchev–Trinajstić information content (AvgIpc) is 2.81. The molecule has 3 nitrogen and oxygen atoms in total. The number of hydrogen-bond acceptors (Lipinski definition) is 2. The molecule has 0 atom stereocenters. The second-order valence-corrected chi connectivity index (χ2v) is 7.15. The van der Waals surface area contributed by atoms with Crippen molar-refractivity contribution in [2.75, 3.05) is 13.1 Å². The Balaban J connectivity index is 1.55. The molecule has 5 rings (SSSR count). The first kappa shape index (κ1) is 11.8. The number of likely N-dealkylation sites (tertiary alicyclic amines) is 1. The van der Waals surface area contributed by atoms with E-state index >= 15 is 0 Å². The molecule has 0 N–H and O–H groups in total. The maximum absolute atomic E-state index is 8.91. The van der Waals surface area contributed by atoms with Gasteiger partial charge in [-0.25, -0.2) is 0 Å². The molecule has 1 saturated heterocycles. The van der Waals surface area contributed by atoms with Gasteiger partial charge in [-0.1, -0.05) is 0 Å². The van der Waals surface area contributed by atoms with E-state index in [4.69, 9.17) is 10.3 Å². The van der Waals surface area contributed by atoms with Crippen LogP contribution in [-0.2, 0) is 0 Å². The number of aliphatic imine (C=N–C) groups is 1. The molecule has 0 unspecified atom stereocenters. The van der Waals surface area contributed by atoms with E-state index in [0.29, 0.717) is 12.6 Å². The number of nitriles is 1. The number of amidine groups is 1. The Hall–Kier alpha value is -1.04. The van der Waals surface area contributed by atoms with Crippen LogP contribution in [0.3, 0.4) is 0 Å². The summed E-state index contributed by atoms with van der Waals surface area (Å²) in [6, 6.07) is 2.89. The van der Waals surface area contributed by atoms with Crippen LogP contribution in [0.25, 0.3) is 0 Å². The Morgan fingerprint density at radius 3 is 2.42 bits per heavy atom. The Morgan fingerprint density at radius 2 is 1.79 bits per heavy atom. The van der Waals surface area contributed by atoms with Gasteiger partial charge in [-0.05, 0) is 62.2 Å². The highest BCUT2D eigenvalue weighted by Crippen LogP contribution is 2.54. The minimum Gasteiger partial charge on any atom is -0.347 e. The van der Waals surface area contributed by atoms with Gasteiger partial charge in [0.25, 0.3) is 0 Å². The minimum atomic E-state index is 0.534. The molecule has 0 radical (unpaired) electrons. The molecule has 1 heterocycles. The van der Waals surface area contributed by atoms with Gasteiger partial charge in [0.05, 0.1) is 12.1 Å². The van der Waals surface area contributed by atoms with Crippen molar-refractivity contribution in [3.05, 3.63) is 0 Å². The van der Waals surface area contributed by atoms with E-state index in [-0.39, 0.29) is 0 Å². The fourth-order valence-electron chi connectivity index (χ4n) is 5.40. The van der Waals surface area contributed by atoms with Crippen molar-refractivity contribution < 1.29 is 0 Å². The van der Waals surface area contributed by atoms with E-state index in [1.807, 2.05) is 0 Å². The Labute approximate surface area is 115 Å². The summed E-state index contributed by atoms with van der Waals surface area (Å²) in [6.45, 7) is 1.58. The molecule has 0 aromatic heterocycles. The predicted octanol–water partition coefficient (Wildman–Crippen LogP) is 2.83. The second kappa shape index (κ2) is 4.51. The third-order valence-electron chi connectivity index (χ3n) is 5.93. The topological polar surface area (TPSA) is 39.4 Å². The van der Waals surface area contributed by atoms with Gasteiger partial charge in [0.15, 0.2) is 0 Å². The van der Waals surface area contributed by atoms with Crippen molar-refractivity contribution in [2.45, 2.75) is 51.0 Å². The summed E-state index contributed by atoms with van der Waals surface area (Å²) in [5.74, 6) is 5.04. The lowest BCUT2D eigenvalue weighted by atomic mass is 9.54. The standard InChI is InChI=1S/C16H23N3/c17-3-5-19-4-1-2-15(19)18-16-13-7-11-6-12(9-13)10-14(16)8-11/h11-14,16H,1-2,4-10H2. The number of hydrogen-bond donors (Lipinski definition) is 0. The summed E-state index contributed by atoms with van der Waals surface area (Å²) in [4.78, 5) is 7.38. The summed E-state index contributed by atoms with van der Waals surface area (Å²) < 4.78 is 0. The Bertz CT molecular complexity index is 406. The third-order valence-corrected chi connectivity index (χ3v) is 5.93. The molecule has 3 heteroatoms. The van der Waals surface area contributed by atoms with Gasteiger partial charge >= 0.3 is 0 Å². The van der Waals surface area contributed by atoms with Gasteiger partial charge in [-0.2, -0.15) is 5.26 Å². The normalized spacial score (nSPS) is 45.9. The molecule has 4 aliphatic carbocycles. The molecule has 0 aromatic rings. The Morgan fingerprint density at radius 1 is 1.11 bits per heavy atom. The quantitative estimate of drug-likeness (QED) is 0.714. The van der Waals surface area contributed by atoms with Gasteiger partial charge in [0, 0.05) is 13.0 Å². The first-order chi connectivity index (χ1) is 9.33. The van der Waals surface area contributed by atoms with Gasteiger partial charge in [-0.15, -0.1) is 0 Å². The predicted molar refractivity (Wildman–Crippen MR) is 74.7 cm³/mol. The maximum Gasteiger partial charge on any atom is 0.106 e. The highest BCUT2D eigenvalue weighted by Gasteiger charge is 2.48. The summed E-state index contributed by atoms with van der Waals surface area (Å²) in [5, 5.41) is 8.91. The van der Waals surface area contributed by atoms with Crippen LogP contribution < -0.4 is 0 Å². The monoisotopic (exact) mass is 257 g/mol. The zero-order valence-electron chi connectivity index (χ0n) is 11.6. The summed E-state index contributed by atoms with van der Waals surface area (Å²) >= 11 is 0. The molecule has 19 heavy (non-hydrogen) atoms. The third kappa shape index (κ3) is 1.96. The highest BCUT2D eigenvalue weighted by molar-refractivity contribution is 5.84. The Kier molecular flexibility index (Phi) is 2.79. The van der Waals surface area contributed by atoms with E-state index in [9.17, 15) is 0 Å². The lowest BCUT2D eigenvalue weighted by molar-refractivity contribution is 0.000925. The summed E-state index contributed by atoms with van der Waals surface area (Å²) in [5.41, 5.74) is 0. The lowest BCUT2D eigenvalue weighted by Crippen LogP contribution is -2.48. The van der Waals surface area contributed by atoms with Gasteiger partial charge in [0.2, 0.25) is 0 Å². The van der Waals surface area contributed by atoms with Crippen molar-refractivity contribution in [1.29, 1.82) is 5.26 Å². The van der Waals surface area contributed by atoms with Crippen molar-refractivity contribution in [2.24, 2.45) is 28.7 Å². The van der Waals surface area contributed by atoms with E-state index in [1.165, 1.54) is 44.4 Å². The molecule has 0 amide bonds. The van der Waals surface area contributed by atoms with Crippen LogP contribution in [0.5, 0.6) is 0 Å². The van der Waals surface area contributed by atoms with Crippen LogP contribution >= 0.6 is 0 Å². The lowest BCUT2D eigenvalue weighted by Gasteiger charge is -2.53. The molecule has 102 valence electrons. The largest absolute Gasteiger partial charge is 0.347 e. The van der Waals surface area contributed by atoms with Crippen molar-refractivity contribution in [3.8, 4) is 6.07 Å². The smallest absolute Gasteiger partial charge is 0.106 e. The number of rotatable bonds is 2. The van der Waals surface area contributed by atoms with E-state index in [2.05, 4.69) is 11.0 Å². The van der Waals surface area contributed by atoms with E-state index in [1.54, 1.807) is 0 Å². The van der Waals surface area contributed by atoms with Crippen LogP contribution in [0.4, 0.5) is 0 Å². The van der Waals surface area contributed by atoms with Crippen LogP contribution in [0.1, 0.15) is 44.9 Å². The number of nitrogens with zero attached hydrogens (tertiary/aromatic N) is 3. The van der Waals surface area contributed by atoms with Crippen molar-refractivity contribution >= 4 is 5.84 Å². The molecule has 0 aromatic carbocycles. The summed E-state index contributed by atoms with van der Waals surface area (Å²) in [6.07, 6.45) is 9.55. The highest BCUT2D eigenvalue weighted by atomic mass is 15.2. The summed E-state index contributed by atoms with van der Waals surface area (Å²) in [7, 11) is 0. The zero-order valence-corrected chi connectivity index (χ0v) is 11.6. The zero-order chi connectivity index (χ0) is 12.8. The van der Waals surface area contributed by atoms with Crippen LogP contribution in [0.2, 0.25) is 0 Å². The van der Waals surface area contributed by atoms with E-state index in [0.717, 1.165) is 36.6 Å². The van der Waals surface area contributed by atoms with Gasteiger partial charge in [-0.3, -0.25) is 4.99 Å². The molecule has 0 spiro atoms. The first-order valence-electron chi connectivity index (χ1n) is 8.02. The SMILES string of the molecule is N#CCN1CCCC1=NC1C2CC3CC(C2)CC1C3. The van der Waals surface area contributed by atoms with Crippen LogP contribution in [0, 0.1) is 35.0 Å². The molecule has 5 fully saturated rings. The molecule has 4 saturated carbocycles. The first-order valence-corrected chi connectivity index (χ1v) is 8.02. The average molecular weight is 257 g/mol. The second-order valence-electron chi connectivity index (χ2n) is 7.15. The molecular formula is C16H23N3. The fraction of sp³-hybridized carbons (Fsp3) is 0.875. The van der Waals surface area contributed by atoms with Crippen molar-refractivity contribution in [1.82, 2.24) is 4.90 Å². The fourth-order valence-corrected chi connectivity index (χ4v) is 5.40. The molecule has 1 aliphatic heterocycles. The van der Waals surface area contributed by atoms with E-state index < -0.39 is 0 Å².